The summed E-state index contributed by atoms with van der Waals surface area (Å²) in [6, 6.07) is 5.66. The van der Waals surface area contributed by atoms with Crippen LogP contribution >= 0.6 is 35.0 Å². The van der Waals surface area contributed by atoms with Gasteiger partial charge >= 0.3 is 6.01 Å². The van der Waals surface area contributed by atoms with Crippen LogP contribution in [-0.2, 0) is 0 Å². The fourth-order valence-electron chi connectivity index (χ4n) is 1.46. The molecule has 0 fully saturated rings. The first-order valence-electron chi connectivity index (χ1n) is 6.38. The summed E-state index contributed by atoms with van der Waals surface area (Å²) in [5.74, 6) is 0.485. The van der Waals surface area contributed by atoms with Crippen molar-refractivity contribution in [2.45, 2.75) is 23.9 Å². The minimum atomic E-state index is 0.297. The zero-order valence-electron chi connectivity index (χ0n) is 11.6. The number of halogens is 2. The van der Waals surface area contributed by atoms with Gasteiger partial charge in [0.2, 0.25) is 11.1 Å². The fraction of sp³-hybridized carbons (Fsp3) is 0.308. The average molecular weight is 345 g/mol. The van der Waals surface area contributed by atoms with E-state index in [1.807, 2.05) is 19.9 Å². The SMILES string of the molecule is CCNc1nc(OCC)nc(Sc2ccc(Cl)c(Cl)c2)n1. The van der Waals surface area contributed by atoms with E-state index in [-0.39, 0.29) is 0 Å². The lowest BCUT2D eigenvalue weighted by Crippen LogP contribution is -2.07. The molecule has 0 unspecified atom stereocenters. The van der Waals surface area contributed by atoms with Gasteiger partial charge in [0.1, 0.15) is 0 Å². The van der Waals surface area contributed by atoms with Crippen molar-refractivity contribution >= 4 is 40.9 Å². The third-order valence-electron chi connectivity index (χ3n) is 2.30. The minimum Gasteiger partial charge on any atom is -0.464 e. The third kappa shape index (κ3) is 4.62. The van der Waals surface area contributed by atoms with Crippen LogP contribution in [0, 0.1) is 0 Å². The molecular weight excluding hydrogens is 331 g/mol. The summed E-state index contributed by atoms with van der Waals surface area (Å²) in [6.07, 6.45) is 0. The second-order valence-electron chi connectivity index (χ2n) is 3.87. The van der Waals surface area contributed by atoms with Gasteiger partial charge in [0, 0.05) is 11.4 Å². The summed E-state index contributed by atoms with van der Waals surface area (Å²) >= 11 is 13.3. The highest BCUT2D eigenvalue weighted by atomic mass is 35.5. The lowest BCUT2D eigenvalue weighted by atomic mass is 10.4. The zero-order chi connectivity index (χ0) is 15.2. The first-order valence-corrected chi connectivity index (χ1v) is 7.95. The number of nitrogens with zero attached hydrogens (tertiary/aromatic N) is 3. The third-order valence-corrected chi connectivity index (χ3v) is 3.90. The molecule has 0 saturated heterocycles. The van der Waals surface area contributed by atoms with Gasteiger partial charge in [-0.05, 0) is 43.8 Å². The summed E-state index contributed by atoms with van der Waals surface area (Å²) < 4.78 is 5.35. The van der Waals surface area contributed by atoms with Crippen LogP contribution < -0.4 is 10.1 Å². The van der Waals surface area contributed by atoms with Gasteiger partial charge in [0.05, 0.1) is 16.7 Å². The summed E-state index contributed by atoms with van der Waals surface area (Å²) in [5, 5.41) is 4.59. The number of anilines is 1. The quantitative estimate of drug-likeness (QED) is 0.848. The molecular formula is C13H14Cl2N4OS. The molecule has 0 amide bonds. The summed E-state index contributed by atoms with van der Waals surface area (Å²) in [4.78, 5) is 13.6. The summed E-state index contributed by atoms with van der Waals surface area (Å²) in [5.41, 5.74) is 0. The van der Waals surface area contributed by atoms with Gasteiger partial charge in [-0.15, -0.1) is 0 Å². The van der Waals surface area contributed by atoms with Crippen molar-refractivity contribution in [3.05, 3.63) is 28.2 Å². The van der Waals surface area contributed by atoms with E-state index in [1.165, 1.54) is 11.8 Å². The Morgan fingerprint density at radius 3 is 2.62 bits per heavy atom. The van der Waals surface area contributed by atoms with Gasteiger partial charge in [0.15, 0.2) is 0 Å². The van der Waals surface area contributed by atoms with E-state index in [9.17, 15) is 0 Å². The lowest BCUT2D eigenvalue weighted by molar-refractivity contribution is 0.308. The molecule has 2 aromatic rings. The molecule has 0 spiro atoms. The van der Waals surface area contributed by atoms with E-state index in [1.54, 1.807) is 12.1 Å². The Morgan fingerprint density at radius 1 is 1.14 bits per heavy atom. The number of aromatic nitrogens is 3. The highest BCUT2D eigenvalue weighted by Gasteiger charge is 2.09. The van der Waals surface area contributed by atoms with Crippen LogP contribution in [0.25, 0.3) is 0 Å². The monoisotopic (exact) mass is 344 g/mol. The van der Waals surface area contributed by atoms with Crippen LogP contribution in [0.15, 0.2) is 28.3 Å². The predicted octanol–water partition coefficient (Wildman–Crippen LogP) is 4.16. The van der Waals surface area contributed by atoms with Gasteiger partial charge in [-0.2, -0.15) is 15.0 Å². The average Bonchev–Trinajstić information content (AvgIpc) is 2.43. The molecule has 5 nitrogen and oxygen atoms in total. The number of ether oxygens (including phenoxy) is 1. The van der Waals surface area contributed by atoms with Crippen molar-refractivity contribution in [1.29, 1.82) is 0 Å². The van der Waals surface area contributed by atoms with Crippen LogP contribution in [0.4, 0.5) is 5.95 Å². The Morgan fingerprint density at radius 2 is 1.95 bits per heavy atom. The standard InChI is InChI=1S/C13H14Cl2N4OS/c1-3-16-11-17-12(20-4-2)19-13(18-11)21-8-5-6-9(14)10(15)7-8/h5-7H,3-4H2,1-2H3,(H,16,17,18,19). The van der Waals surface area contributed by atoms with Crippen LogP contribution in [-0.4, -0.2) is 28.1 Å². The van der Waals surface area contributed by atoms with E-state index in [0.717, 1.165) is 4.90 Å². The number of hydrogen-bond acceptors (Lipinski definition) is 6. The largest absolute Gasteiger partial charge is 0.464 e. The predicted molar refractivity (Wildman–Crippen MR) is 85.7 cm³/mol. The maximum Gasteiger partial charge on any atom is 0.322 e. The first-order chi connectivity index (χ1) is 10.1. The Labute approximate surface area is 137 Å². The van der Waals surface area contributed by atoms with Crippen LogP contribution in [0.2, 0.25) is 10.0 Å². The summed E-state index contributed by atoms with van der Waals surface area (Å²) in [7, 11) is 0. The fourth-order valence-corrected chi connectivity index (χ4v) is 2.60. The molecule has 2 rings (SSSR count). The van der Waals surface area contributed by atoms with Gasteiger partial charge < -0.3 is 10.1 Å². The maximum absolute atomic E-state index is 6.01. The molecule has 0 aliphatic carbocycles. The molecule has 1 heterocycles. The number of rotatable bonds is 6. The molecule has 8 heteroatoms. The Hall–Kier alpha value is -1.24. The number of hydrogen-bond donors (Lipinski definition) is 1. The molecule has 0 aliphatic rings. The van der Waals surface area contributed by atoms with Crippen molar-refractivity contribution in [2.75, 3.05) is 18.5 Å². The first kappa shape index (κ1) is 16.1. The molecule has 0 atom stereocenters. The second kappa shape index (κ2) is 7.68. The molecule has 0 radical (unpaired) electrons. The normalized spacial score (nSPS) is 10.5. The van der Waals surface area contributed by atoms with E-state index in [2.05, 4.69) is 20.3 Å². The molecule has 0 aliphatic heterocycles. The smallest absolute Gasteiger partial charge is 0.322 e. The molecule has 1 aromatic heterocycles. The highest BCUT2D eigenvalue weighted by molar-refractivity contribution is 7.99. The molecule has 112 valence electrons. The highest BCUT2D eigenvalue weighted by Crippen LogP contribution is 2.31. The van der Waals surface area contributed by atoms with Crippen LogP contribution in [0.5, 0.6) is 6.01 Å². The van der Waals surface area contributed by atoms with Crippen molar-refractivity contribution in [2.24, 2.45) is 0 Å². The van der Waals surface area contributed by atoms with Gasteiger partial charge in [-0.3, -0.25) is 0 Å². The van der Waals surface area contributed by atoms with Crippen molar-refractivity contribution < 1.29 is 4.74 Å². The lowest BCUT2D eigenvalue weighted by Gasteiger charge is -2.07. The van der Waals surface area contributed by atoms with Gasteiger partial charge in [-0.25, -0.2) is 0 Å². The Kier molecular flexibility index (Phi) is 5.90. The topological polar surface area (TPSA) is 59.9 Å². The van der Waals surface area contributed by atoms with Crippen LogP contribution in [0.1, 0.15) is 13.8 Å². The molecule has 0 saturated carbocycles. The molecule has 0 bridgehead atoms. The Bertz CT molecular complexity index is 603. The van der Waals surface area contributed by atoms with Crippen molar-refractivity contribution in [1.82, 2.24) is 15.0 Å². The maximum atomic E-state index is 6.01. The Balaban J connectivity index is 2.26. The summed E-state index contributed by atoms with van der Waals surface area (Å²) in [6.45, 7) is 5.05. The second-order valence-corrected chi connectivity index (χ2v) is 5.72. The van der Waals surface area contributed by atoms with Gasteiger partial charge in [-0.1, -0.05) is 23.2 Å². The van der Waals surface area contributed by atoms with Crippen molar-refractivity contribution in [3.63, 3.8) is 0 Å². The van der Waals surface area contributed by atoms with Crippen LogP contribution in [0.3, 0.4) is 0 Å². The number of nitrogens with one attached hydrogen (secondary N) is 1. The zero-order valence-corrected chi connectivity index (χ0v) is 13.9. The molecule has 1 aromatic carbocycles. The van der Waals surface area contributed by atoms with E-state index in [0.29, 0.717) is 40.3 Å². The van der Waals surface area contributed by atoms with E-state index >= 15 is 0 Å². The van der Waals surface area contributed by atoms with E-state index in [4.69, 9.17) is 27.9 Å². The molecule has 21 heavy (non-hydrogen) atoms. The minimum absolute atomic E-state index is 0.297. The van der Waals surface area contributed by atoms with E-state index < -0.39 is 0 Å². The number of benzene rings is 1. The molecule has 1 N–H and O–H groups in total. The van der Waals surface area contributed by atoms with Gasteiger partial charge in [0.25, 0.3) is 0 Å². The van der Waals surface area contributed by atoms with Crippen molar-refractivity contribution in [3.8, 4) is 6.01 Å².